The fraction of sp³-hybridized carbons (Fsp3) is 0. The van der Waals surface area contributed by atoms with Crippen LogP contribution >= 0.6 is 0 Å². The number of carboxylic acid groups (broad SMARTS) is 1. The fourth-order valence-electron chi connectivity index (χ4n) is 2.24. The molecule has 0 fully saturated rings. The maximum atomic E-state index is 14.0. The number of anilines is 1. The molecule has 3 aromatic rings. The number of rotatable bonds is 4. The summed E-state index contributed by atoms with van der Waals surface area (Å²) in [6.45, 7) is 0. The lowest BCUT2D eigenvalue weighted by Gasteiger charge is -2.07. The Balaban J connectivity index is 2.06. The standard InChI is InChI=1S/C17H12FN3O3/c18-12-9-5-4-8-11(12)13-14(15(17(23)24)21-20-13)19-16(22)10-6-2-1-3-7-10/h1-9H,(H,19,22)(H,20,21)(H,23,24). The minimum atomic E-state index is -1.31. The molecule has 0 atom stereocenters. The lowest BCUT2D eigenvalue weighted by atomic mass is 10.1. The zero-order valence-electron chi connectivity index (χ0n) is 12.3. The Morgan fingerprint density at radius 1 is 1.04 bits per heavy atom. The van der Waals surface area contributed by atoms with Crippen molar-refractivity contribution in [2.45, 2.75) is 0 Å². The van der Waals surface area contributed by atoms with Crippen LogP contribution in [-0.2, 0) is 0 Å². The largest absolute Gasteiger partial charge is 0.476 e. The minimum absolute atomic E-state index is 0.0229. The average Bonchev–Trinajstić information content (AvgIpc) is 2.99. The number of halogens is 1. The molecule has 24 heavy (non-hydrogen) atoms. The number of nitrogens with one attached hydrogen (secondary N) is 2. The van der Waals surface area contributed by atoms with Crippen LogP contribution < -0.4 is 5.32 Å². The Kier molecular flexibility index (Phi) is 4.07. The van der Waals surface area contributed by atoms with Crippen LogP contribution in [-0.4, -0.2) is 27.2 Å². The molecule has 3 N–H and O–H groups in total. The number of aromatic carboxylic acids is 1. The van der Waals surface area contributed by atoms with E-state index in [-0.39, 0.29) is 22.6 Å². The van der Waals surface area contributed by atoms with Crippen LogP contribution in [0.4, 0.5) is 10.1 Å². The zero-order chi connectivity index (χ0) is 17.1. The van der Waals surface area contributed by atoms with Gasteiger partial charge >= 0.3 is 5.97 Å². The highest BCUT2D eigenvalue weighted by atomic mass is 19.1. The lowest BCUT2D eigenvalue weighted by molar-refractivity contribution is 0.0691. The third-order valence-electron chi connectivity index (χ3n) is 3.38. The quantitative estimate of drug-likeness (QED) is 0.686. The Morgan fingerprint density at radius 3 is 2.38 bits per heavy atom. The second kappa shape index (κ2) is 6.33. The molecule has 0 aliphatic rings. The van der Waals surface area contributed by atoms with Crippen molar-refractivity contribution in [3.05, 3.63) is 71.7 Å². The number of carbonyl (C=O) groups excluding carboxylic acids is 1. The highest BCUT2D eigenvalue weighted by Gasteiger charge is 2.23. The number of aromatic nitrogens is 2. The van der Waals surface area contributed by atoms with Gasteiger partial charge in [-0.05, 0) is 24.3 Å². The SMILES string of the molecule is O=C(Nc1c(-c2ccccc2F)n[nH]c1C(=O)O)c1ccccc1. The Hall–Kier alpha value is -3.48. The van der Waals surface area contributed by atoms with Gasteiger partial charge in [0, 0.05) is 11.1 Å². The lowest BCUT2D eigenvalue weighted by Crippen LogP contribution is -2.14. The van der Waals surface area contributed by atoms with Crippen LogP contribution in [0.25, 0.3) is 11.3 Å². The van der Waals surface area contributed by atoms with Gasteiger partial charge in [0.2, 0.25) is 0 Å². The second-order valence-corrected chi connectivity index (χ2v) is 4.93. The number of H-pyrrole nitrogens is 1. The van der Waals surface area contributed by atoms with Crippen molar-refractivity contribution in [1.82, 2.24) is 10.2 Å². The number of amides is 1. The van der Waals surface area contributed by atoms with Crippen molar-refractivity contribution in [2.75, 3.05) is 5.32 Å². The van der Waals surface area contributed by atoms with Gasteiger partial charge in [0.1, 0.15) is 17.2 Å². The molecule has 2 aromatic carbocycles. The van der Waals surface area contributed by atoms with E-state index in [1.54, 1.807) is 36.4 Å². The first-order valence-corrected chi connectivity index (χ1v) is 7.01. The minimum Gasteiger partial charge on any atom is -0.476 e. The maximum Gasteiger partial charge on any atom is 0.356 e. The molecular formula is C17H12FN3O3. The van der Waals surface area contributed by atoms with Crippen LogP contribution in [0, 0.1) is 5.82 Å². The van der Waals surface area contributed by atoms with Crippen molar-refractivity contribution < 1.29 is 19.1 Å². The van der Waals surface area contributed by atoms with E-state index in [9.17, 15) is 19.1 Å². The van der Waals surface area contributed by atoms with Gasteiger partial charge < -0.3 is 10.4 Å². The summed E-state index contributed by atoms with van der Waals surface area (Å²) in [4.78, 5) is 23.7. The summed E-state index contributed by atoms with van der Waals surface area (Å²) < 4.78 is 14.0. The molecule has 6 nitrogen and oxygen atoms in total. The summed E-state index contributed by atoms with van der Waals surface area (Å²) in [6.07, 6.45) is 0. The van der Waals surface area contributed by atoms with Crippen LogP contribution in [0.5, 0.6) is 0 Å². The van der Waals surface area contributed by atoms with E-state index in [1.807, 2.05) is 0 Å². The van der Waals surface area contributed by atoms with Gasteiger partial charge in [-0.1, -0.05) is 30.3 Å². The van der Waals surface area contributed by atoms with E-state index >= 15 is 0 Å². The van der Waals surface area contributed by atoms with Crippen molar-refractivity contribution in [3.63, 3.8) is 0 Å². The first kappa shape index (κ1) is 15.4. The van der Waals surface area contributed by atoms with Gasteiger partial charge in [0.25, 0.3) is 5.91 Å². The molecule has 0 bridgehead atoms. The monoisotopic (exact) mass is 325 g/mol. The van der Waals surface area contributed by atoms with Gasteiger partial charge in [-0.15, -0.1) is 0 Å². The van der Waals surface area contributed by atoms with E-state index < -0.39 is 17.7 Å². The Bertz CT molecular complexity index is 906. The van der Waals surface area contributed by atoms with Gasteiger partial charge in [-0.25, -0.2) is 9.18 Å². The number of carbonyl (C=O) groups is 2. The molecular weight excluding hydrogens is 313 g/mol. The molecule has 0 aliphatic carbocycles. The summed E-state index contributed by atoms with van der Waals surface area (Å²) >= 11 is 0. The third-order valence-corrected chi connectivity index (χ3v) is 3.38. The van der Waals surface area contributed by atoms with Crippen LogP contribution in [0.15, 0.2) is 54.6 Å². The van der Waals surface area contributed by atoms with E-state index in [2.05, 4.69) is 15.5 Å². The molecule has 3 rings (SSSR count). The number of benzene rings is 2. The molecule has 7 heteroatoms. The van der Waals surface area contributed by atoms with Crippen LogP contribution in [0.2, 0.25) is 0 Å². The predicted molar refractivity (Wildman–Crippen MR) is 85.3 cm³/mol. The highest BCUT2D eigenvalue weighted by Crippen LogP contribution is 2.31. The maximum absolute atomic E-state index is 14.0. The van der Waals surface area contributed by atoms with Crippen molar-refractivity contribution >= 4 is 17.6 Å². The average molecular weight is 325 g/mol. The number of carboxylic acids is 1. The van der Waals surface area contributed by atoms with Crippen LogP contribution in [0.1, 0.15) is 20.8 Å². The van der Waals surface area contributed by atoms with Gasteiger partial charge in [0.05, 0.1) is 0 Å². The molecule has 1 amide bonds. The first-order chi connectivity index (χ1) is 11.6. The predicted octanol–water partition coefficient (Wildman–Crippen LogP) is 3.17. The summed E-state index contributed by atoms with van der Waals surface area (Å²) in [5.74, 6) is -2.40. The van der Waals surface area contributed by atoms with Crippen molar-refractivity contribution in [1.29, 1.82) is 0 Å². The van der Waals surface area contributed by atoms with E-state index in [1.165, 1.54) is 18.2 Å². The first-order valence-electron chi connectivity index (χ1n) is 7.01. The number of aromatic amines is 1. The molecule has 0 unspecified atom stereocenters. The van der Waals surface area contributed by atoms with Crippen molar-refractivity contribution in [3.8, 4) is 11.3 Å². The van der Waals surface area contributed by atoms with E-state index in [0.29, 0.717) is 5.56 Å². The topological polar surface area (TPSA) is 95.1 Å². The molecule has 120 valence electrons. The van der Waals surface area contributed by atoms with Crippen molar-refractivity contribution in [2.24, 2.45) is 0 Å². The Labute approximate surface area is 136 Å². The smallest absolute Gasteiger partial charge is 0.356 e. The van der Waals surface area contributed by atoms with Gasteiger partial charge in [-0.2, -0.15) is 5.10 Å². The molecule has 1 heterocycles. The molecule has 0 spiro atoms. The zero-order valence-corrected chi connectivity index (χ0v) is 12.3. The summed E-state index contributed by atoms with van der Waals surface area (Å²) in [5.41, 5.74) is 0.0490. The van der Waals surface area contributed by atoms with Crippen LogP contribution in [0.3, 0.4) is 0 Å². The van der Waals surface area contributed by atoms with E-state index in [0.717, 1.165) is 0 Å². The number of nitrogens with zero attached hydrogens (tertiary/aromatic N) is 1. The molecule has 0 saturated carbocycles. The summed E-state index contributed by atoms with van der Waals surface area (Å²) in [5, 5.41) is 17.9. The molecule has 0 aliphatic heterocycles. The summed E-state index contributed by atoms with van der Waals surface area (Å²) in [6, 6.07) is 14.1. The van der Waals surface area contributed by atoms with Gasteiger partial charge in [0.15, 0.2) is 5.69 Å². The Morgan fingerprint density at radius 2 is 1.71 bits per heavy atom. The normalized spacial score (nSPS) is 10.4. The fourth-order valence-corrected chi connectivity index (χ4v) is 2.24. The van der Waals surface area contributed by atoms with Gasteiger partial charge in [-0.3, -0.25) is 9.89 Å². The molecule has 0 saturated heterocycles. The number of hydrogen-bond acceptors (Lipinski definition) is 3. The number of hydrogen-bond donors (Lipinski definition) is 3. The highest BCUT2D eigenvalue weighted by molar-refractivity contribution is 6.09. The third kappa shape index (κ3) is 2.87. The molecule has 0 radical (unpaired) electrons. The summed E-state index contributed by atoms with van der Waals surface area (Å²) in [7, 11) is 0. The second-order valence-electron chi connectivity index (χ2n) is 4.93. The molecule has 1 aromatic heterocycles. The van der Waals surface area contributed by atoms with E-state index in [4.69, 9.17) is 0 Å².